The smallest absolute Gasteiger partial charge is 0.250 e. The minimum Gasteiger partial charge on any atom is -0.473 e. The number of hydrogen-bond acceptors (Lipinski definition) is 4. The van der Waals surface area contributed by atoms with Gasteiger partial charge in [-0.1, -0.05) is 0 Å². The van der Waals surface area contributed by atoms with E-state index in [0.717, 1.165) is 0 Å². The van der Waals surface area contributed by atoms with Crippen LogP contribution in [-0.2, 0) is 11.3 Å². The molecule has 0 unspecified atom stereocenters. The van der Waals surface area contributed by atoms with Gasteiger partial charge in [0.15, 0.2) is 5.82 Å². The van der Waals surface area contributed by atoms with Crippen LogP contribution in [0.1, 0.15) is 39.2 Å². The molecule has 0 spiro atoms. The third-order valence-corrected chi connectivity index (χ3v) is 2.95. The predicted molar refractivity (Wildman–Crippen MR) is 75.3 cm³/mol. The summed E-state index contributed by atoms with van der Waals surface area (Å²) < 4.78 is 25.0. The molecule has 0 radical (unpaired) electrons. The topological polar surface area (TPSA) is 43.4 Å². The Morgan fingerprint density at radius 1 is 1.35 bits per heavy atom. The molecule has 4 nitrogen and oxygen atoms in total. The third kappa shape index (κ3) is 5.06. The van der Waals surface area contributed by atoms with Gasteiger partial charge in [-0.15, -0.1) is 0 Å². The van der Waals surface area contributed by atoms with Crippen LogP contribution in [0.4, 0.5) is 4.39 Å². The Balaban J connectivity index is 1.82. The monoisotopic (exact) mass is 282 g/mol. The lowest BCUT2D eigenvalue weighted by Gasteiger charge is -2.19. The molecule has 1 heterocycles. The largest absolute Gasteiger partial charge is 0.473 e. The molecule has 1 aromatic heterocycles. The lowest BCUT2D eigenvalue weighted by molar-refractivity contribution is -0.0172. The predicted octanol–water partition coefficient (Wildman–Crippen LogP) is 2.67. The van der Waals surface area contributed by atoms with E-state index >= 15 is 0 Å². The van der Waals surface area contributed by atoms with Gasteiger partial charge in [0.05, 0.1) is 12.2 Å². The van der Waals surface area contributed by atoms with Crippen LogP contribution < -0.4 is 10.1 Å². The minimum atomic E-state index is -0.378. The van der Waals surface area contributed by atoms with E-state index in [1.54, 1.807) is 12.3 Å². The number of nitrogens with one attached hydrogen (secondary N) is 1. The number of ether oxygens (including phenoxy) is 2. The van der Waals surface area contributed by atoms with Crippen LogP contribution in [0.15, 0.2) is 12.3 Å². The van der Waals surface area contributed by atoms with Crippen LogP contribution in [0.2, 0.25) is 0 Å². The van der Waals surface area contributed by atoms with Crippen LogP contribution in [0.3, 0.4) is 0 Å². The molecule has 0 aliphatic heterocycles. The highest BCUT2D eigenvalue weighted by Crippen LogP contribution is 2.21. The van der Waals surface area contributed by atoms with Crippen LogP contribution in [0.25, 0.3) is 0 Å². The van der Waals surface area contributed by atoms with Gasteiger partial charge in [0, 0.05) is 24.3 Å². The standard InChI is InChI=1S/C15H23FN2O2/c1-15(2,3)20-9-8-19-14-13(16)11(6-7-17-14)10-18-12-4-5-12/h6-7,12,18H,4-5,8-10H2,1-3H3. The molecular formula is C15H23FN2O2. The Kier molecular flexibility index (Phi) is 4.94. The molecule has 112 valence electrons. The van der Waals surface area contributed by atoms with Gasteiger partial charge < -0.3 is 14.8 Å². The average molecular weight is 282 g/mol. The fourth-order valence-corrected chi connectivity index (χ4v) is 1.73. The van der Waals surface area contributed by atoms with Crippen molar-refractivity contribution >= 4 is 0 Å². The summed E-state index contributed by atoms with van der Waals surface area (Å²) in [6, 6.07) is 2.23. The van der Waals surface area contributed by atoms with Gasteiger partial charge in [0.25, 0.3) is 5.88 Å². The normalized spacial score (nSPS) is 15.4. The van der Waals surface area contributed by atoms with Crippen molar-refractivity contribution < 1.29 is 13.9 Å². The fraction of sp³-hybridized carbons (Fsp3) is 0.667. The quantitative estimate of drug-likeness (QED) is 0.781. The van der Waals surface area contributed by atoms with E-state index in [9.17, 15) is 4.39 Å². The second kappa shape index (κ2) is 6.50. The minimum absolute atomic E-state index is 0.0533. The maximum absolute atomic E-state index is 14.1. The first-order chi connectivity index (χ1) is 9.46. The first-order valence-electron chi connectivity index (χ1n) is 7.09. The summed E-state index contributed by atoms with van der Waals surface area (Å²) in [4.78, 5) is 3.94. The average Bonchev–Trinajstić information content (AvgIpc) is 3.18. The summed E-state index contributed by atoms with van der Waals surface area (Å²) in [6.07, 6.45) is 3.94. The molecule has 0 aromatic carbocycles. The van der Waals surface area contributed by atoms with E-state index in [-0.39, 0.29) is 17.3 Å². The molecule has 1 aliphatic rings. The van der Waals surface area contributed by atoms with Gasteiger partial charge in [0.2, 0.25) is 0 Å². The van der Waals surface area contributed by atoms with E-state index in [1.807, 2.05) is 20.8 Å². The second-order valence-electron chi connectivity index (χ2n) is 6.05. The molecular weight excluding hydrogens is 259 g/mol. The second-order valence-corrected chi connectivity index (χ2v) is 6.05. The number of pyridine rings is 1. The van der Waals surface area contributed by atoms with Crippen molar-refractivity contribution in [2.24, 2.45) is 0 Å². The summed E-state index contributed by atoms with van der Waals surface area (Å²) in [5.74, 6) is -0.325. The highest BCUT2D eigenvalue weighted by atomic mass is 19.1. The van der Waals surface area contributed by atoms with E-state index in [0.29, 0.717) is 31.4 Å². The summed E-state index contributed by atoms with van der Waals surface area (Å²) in [7, 11) is 0. The number of halogens is 1. The van der Waals surface area contributed by atoms with Crippen molar-refractivity contribution in [1.82, 2.24) is 10.3 Å². The van der Waals surface area contributed by atoms with Crippen LogP contribution in [0.5, 0.6) is 5.88 Å². The molecule has 0 bridgehead atoms. The van der Waals surface area contributed by atoms with E-state index in [2.05, 4.69) is 10.3 Å². The number of nitrogens with zero attached hydrogens (tertiary/aromatic N) is 1. The van der Waals surface area contributed by atoms with Crippen molar-refractivity contribution in [1.29, 1.82) is 0 Å². The van der Waals surface area contributed by atoms with E-state index in [1.165, 1.54) is 12.8 Å². The van der Waals surface area contributed by atoms with Gasteiger partial charge >= 0.3 is 0 Å². The van der Waals surface area contributed by atoms with E-state index < -0.39 is 0 Å². The van der Waals surface area contributed by atoms with Crippen LogP contribution in [0, 0.1) is 5.82 Å². The Labute approximate surface area is 119 Å². The summed E-state index contributed by atoms with van der Waals surface area (Å²) in [6.45, 7) is 7.13. The zero-order chi connectivity index (χ0) is 14.6. The maximum Gasteiger partial charge on any atom is 0.250 e. The van der Waals surface area contributed by atoms with Crippen molar-refractivity contribution in [3.63, 3.8) is 0 Å². The zero-order valence-corrected chi connectivity index (χ0v) is 12.4. The number of rotatable bonds is 7. The molecule has 20 heavy (non-hydrogen) atoms. The van der Waals surface area contributed by atoms with Gasteiger partial charge in [0.1, 0.15) is 6.61 Å². The highest BCUT2D eigenvalue weighted by Gasteiger charge is 2.21. The molecule has 0 saturated heterocycles. The lowest BCUT2D eigenvalue weighted by atomic mass is 10.2. The third-order valence-electron chi connectivity index (χ3n) is 2.95. The molecule has 5 heteroatoms. The Bertz CT molecular complexity index is 442. The molecule has 1 N–H and O–H groups in total. The van der Waals surface area contributed by atoms with Gasteiger partial charge in [-0.05, 0) is 39.7 Å². The molecule has 0 amide bonds. The fourth-order valence-electron chi connectivity index (χ4n) is 1.73. The van der Waals surface area contributed by atoms with Gasteiger partial charge in [-0.2, -0.15) is 0 Å². The Morgan fingerprint density at radius 3 is 2.75 bits per heavy atom. The van der Waals surface area contributed by atoms with Gasteiger partial charge in [-0.3, -0.25) is 0 Å². The Hall–Kier alpha value is -1.20. The summed E-state index contributed by atoms with van der Waals surface area (Å²) in [5.41, 5.74) is 0.379. The first-order valence-corrected chi connectivity index (χ1v) is 7.09. The van der Waals surface area contributed by atoms with Crippen molar-refractivity contribution in [3.8, 4) is 5.88 Å². The van der Waals surface area contributed by atoms with Crippen molar-refractivity contribution in [2.75, 3.05) is 13.2 Å². The molecule has 1 aromatic rings. The van der Waals surface area contributed by atoms with E-state index in [4.69, 9.17) is 9.47 Å². The number of hydrogen-bond donors (Lipinski definition) is 1. The lowest BCUT2D eigenvalue weighted by Crippen LogP contribution is -2.23. The zero-order valence-electron chi connectivity index (χ0n) is 12.4. The van der Waals surface area contributed by atoms with Gasteiger partial charge in [-0.25, -0.2) is 9.37 Å². The van der Waals surface area contributed by atoms with Crippen LogP contribution >= 0.6 is 0 Å². The highest BCUT2D eigenvalue weighted by molar-refractivity contribution is 5.23. The van der Waals surface area contributed by atoms with Crippen molar-refractivity contribution in [3.05, 3.63) is 23.6 Å². The van der Waals surface area contributed by atoms with Crippen LogP contribution in [-0.4, -0.2) is 29.8 Å². The maximum atomic E-state index is 14.1. The first kappa shape index (κ1) is 15.2. The summed E-state index contributed by atoms with van der Waals surface area (Å²) >= 11 is 0. The number of aromatic nitrogens is 1. The summed E-state index contributed by atoms with van der Waals surface area (Å²) in [5, 5.41) is 3.28. The molecule has 1 fully saturated rings. The van der Waals surface area contributed by atoms with Crippen molar-refractivity contribution in [2.45, 2.75) is 51.8 Å². The SMILES string of the molecule is CC(C)(C)OCCOc1nccc(CNC2CC2)c1F. The molecule has 1 aliphatic carbocycles. The molecule has 2 rings (SSSR count). The molecule has 0 atom stereocenters. The Morgan fingerprint density at radius 2 is 2.10 bits per heavy atom. The molecule has 1 saturated carbocycles.